The van der Waals surface area contributed by atoms with Crippen molar-refractivity contribution < 1.29 is 9.53 Å². The minimum Gasteiger partial charge on any atom is -0.377 e. The minimum atomic E-state index is -0.877. The predicted molar refractivity (Wildman–Crippen MR) is 85.9 cm³/mol. The van der Waals surface area contributed by atoms with Gasteiger partial charge in [0.1, 0.15) is 5.54 Å². The van der Waals surface area contributed by atoms with Gasteiger partial charge in [-0.1, -0.05) is 13.8 Å². The number of fused-ring (bicyclic) bond motifs is 1. The first-order chi connectivity index (χ1) is 9.37. The molecular weight excluding hydrogens is 310 g/mol. The highest BCUT2D eigenvalue weighted by molar-refractivity contribution is 7.13. The lowest BCUT2D eigenvalue weighted by atomic mass is 9.46. The van der Waals surface area contributed by atoms with Crippen LogP contribution in [0.5, 0.6) is 0 Å². The third-order valence-electron chi connectivity index (χ3n) is 4.90. The van der Waals surface area contributed by atoms with E-state index in [0.29, 0.717) is 5.13 Å². The molecule has 0 spiro atoms. The second-order valence-electron chi connectivity index (χ2n) is 6.38. The van der Waals surface area contributed by atoms with Crippen molar-refractivity contribution in [2.45, 2.75) is 45.3 Å². The van der Waals surface area contributed by atoms with Crippen LogP contribution in [0.1, 0.15) is 32.4 Å². The van der Waals surface area contributed by atoms with E-state index in [1.54, 1.807) is 0 Å². The lowest BCUT2D eigenvalue weighted by Crippen LogP contribution is -2.81. The number of aromatic nitrogens is 1. The molecule has 3 unspecified atom stereocenters. The second kappa shape index (κ2) is 5.50. The Kier molecular flexibility index (Phi) is 4.37. The van der Waals surface area contributed by atoms with E-state index in [4.69, 9.17) is 10.5 Å². The largest absolute Gasteiger partial charge is 0.377 e. The quantitative estimate of drug-likeness (QED) is 0.872. The van der Waals surface area contributed by atoms with Crippen molar-refractivity contribution in [1.29, 1.82) is 0 Å². The van der Waals surface area contributed by atoms with E-state index < -0.39 is 5.54 Å². The smallest absolute Gasteiger partial charge is 0.247 e. The fourth-order valence-electron chi connectivity index (χ4n) is 3.65. The van der Waals surface area contributed by atoms with Crippen molar-refractivity contribution in [2.24, 2.45) is 17.1 Å². The number of thiazole rings is 1. The first-order valence-electron chi connectivity index (χ1n) is 7.01. The molecule has 2 heterocycles. The molecule has 1 aromatic rings. The summed E-state index contributed by atoms with van der Waals surface area (Å²) in [4.78, 5) is 16.9. The molecule has 2 aliphatic rings. The molecule has 3 rings (SSSR count). The van der Waals surface area contributed by atoms with Gasteiger partial charge in [0.15, 0.2) is 5.13 Å². The maximum Gasteiger partial charge on any atom is 0.247 e. The number of nitrogens with one attached hydrogen (secondary N) is 1. The molecule has 118 valence electrons. The average Bonchev–Trinajstić information content (AvgIpc) is 2.83. The molecule has 0 aromatic carbocycles. The molecule has 1 aromatic heterocycles. The maximum atomic E-state index is 12.7. The molecule has 1 saturated carbocycles. The van der Waals surface area contributed by atoms with E-state index in [-0.39, 0.29) is 35.8 Å². The third kappa shape index (κ3) is 2.29. The number of hydrogen-bond donors (Lipinski definition) is 2. The number of rotatable bonds is 2. The van der Waals surface area contributed by atoms with E-state index in [2.05, 4.69) is 10.3 Å². The molecule has 0 bridgehead atoms. The fraction of sp³-hybridized carbons (Fsp3) is 0.714. The number of amides is 1. The first kappa shape index (κ1) is 16.7. The molecule has 1 aliphatic heterocycles. The van der Waals surface area contributed by atoms with E-state index in [1.807, 2.05) is 26.2 Å². The highest BCUT2D eigenvalue weighted by Gasteiger charge is 2.70. The Bertz CT molecular complexity index is 548. The van der Waals surface area contributed by atoms with Gasteiger partial charge in [0.25, 0.3) is 0 Å². The van der Waals surface area contributed by atoms with E-state index in [0.717, 1.165) is 25.1 Å². The van der Waals surface area contributed by atoms with Crippen LogP contribution in [0.3, 0.4) is 0 Å². The van der Waals surface area contributed by atoms with Crippen molar-refractivity contribution in [3.8, 4) is 0 Å². The Morgan fingerprint density at radius 3 is 2.90 bits per heavy atom. The molecule has 5 nitrogen and oxygen atoms in total. The molecule has 7 heteroatoms. The van der Waals surface area contributed by atoms with Crippen LogP contribution >= 0.6 is 23.7 Å². The van der Waals surface area contributed by atoms with Crippen LogP contribution in [0, 0.1) is 18.3 Å². The van der Waals surface area contributed by atoms with E-state index >= 15 is 0 Å². The normalized spacial score (nSPS) is 33.3. The van der Waals surface area contributed by atoms with Gasteiger partial charge < -0.3 is 15.8 Å². The number of carbonyl (C=O) groups is 1. The highest BCUT2D eigenvalue weighted by Crippen LogP contribution is 2.57. The van der Waals surface area contributed by atoms with Gasteiger partial charge in [-0.15, -0.1) is 23.7 Å². The van der Waals surface area contributed by atoms with E-state index in [1.165, 1.54) is 11.3 Å². The zero-order chi connectivity index (χ0) is 14.5. The maximum absolute atomic E-state index is 12.7. The van der Waals surface area contributed by atoms with Gasteiger partial charge in [0.05, 0.1) is 11.8 Å². The molecule has 3 atom stereocenters. The van der Waals surface area contributed by atoms with Crippen LogP contribution in [0.15, 0.2) is 5.38 Å². The van der Waals surface area contributed by atoms with Crippen LogP contribution in [0.25, 0.3) is 0 Å². The molecule has 1 amide bonds. The Hall–Kier alpha value is -0.690. The van der Waals surface area contributed by atoms with Crippen LogP contribution in [0.4, 0.5) is 5.13 Å². The molecule has 3 N–H and O–H groups in total. The van der Waals surface area contributed by atoms with Crippen molar-refractivity contribution in [2.75, 3.05) is 11.9 Å². The number of carbonyl (C=O) groups excluding carboxylic acids is 1. The van der Waals surface area contributed by atoms with Crippen molar-refractivity contribution in [1.82, 2.24) is 4.98 Å². The summed E-state index contributed by atoms with van der Waals surface area (Å²) in [6, 6.07) is 0. The highest BCUT2D eigenvalue weighted by atomic mass is 35.5. The van der Waals surface area contributed by atoms with Crippen molar-refractivity contribution >= 4 is 34.8 Å². The monoisotopic (exact) mass is 331 g/mol. The molecule has 0 radical (unpaired) electrons. The van der Waals surface area contributed by atoms with Crippen LogP contribution in [0.2, 0.25) is 0 Å². The molecule has 1 saturated heterocycles. The zero-order valence-electron chi connectivity index (χ0n) is 12.5. The standard InChI is InChI=1S/C14H21N3O2S.ClH/c1-8-7-20-12(16-8)17-11(18)14(15)9-5-4-6-19-10(9)13(14,2)3;/h7,9-10H,4-6,15H2,1-3H3,(H,16,17,18);1H. The minimum absolute atomic E-state index is 0. The second-order valence-corrected chi connectivity index (χ2v) is 7.24. The lowest BCUT2D eigenvalue weighted by molar-refractivity contribution is -0.222. The molecule has 1 aliphatic carbocycles. The van der Waals surface area contributed by atoms with Gasteiger partial charge in [0, 0.05) is 23.3 Å². The summed E-state index contributed by atoms with van der Waals surface area (Å²) in [5.74, 6) is -0.0316. The van der Waals surface area contributed by atoms with Gasteiger partial charge in [-0.25, -0.2) is 4.98 Å². The predicted octanol–water partition coefficient (Wildman–Crippen LogP) is 2.34. The van der Waals surface area contributed by atoms with Crippen LogP contribution in [-0.2, 0) is 9.53 Å². The lowest BCUT2D eigenvalue weighted by Gasteiger charge is -2.64. The van der Waals surface area contributed by atoms with Crippen molar-refractivity contribution in [3.05, 3.63) is 11.1 Å². The van der Waals surface area contributed by atoms with Crippen LogP contribution < -0.4 is 11.1 Å². The van der Waals surface area contributed by atoms with Crippen molar-refractivity contribution in [3.63, 3.8) is 0 Å². The van der Waals surface area contributed by atoms with Gasteiger partial charge in [-0.05, 0) is 19.8 Å². The Balaban J connectivity index is 0.00000161. The summed E-state index contributed by atoms with van der Waals surface area (Å²) in [7, 11) is 0. The number of halogens is 1. The summed E-state index contributed by atoms with van der Waals surface area (Å²) in [5.41, 5.74) is 6.19. The van der Waals surface area contributed by atoms with Gasteiger partial charge in [-0.3, -0.25) is 4.79 Å². The summed E-state index contributed by atoms with van der Waals surface area (Å²) < 4.78 is 5.82. The molecule has 2 fully saturated rings. The number of hydrogen-bond acceptors (Lipinski definition) is 5. The Morgan fingerprint density at radius 2 is 2.29 bits per heavy atom. The number of nitrogens with two attached hydrogens (primary N) is 1. The van der Waals surface area contributed by atoms with E-state index in [9.17, 15) is 4.79 Å². The average molecular weight is 332 g/mol. The molecule has 21 heavy (non-hydrogen) atoms. The summed E-state index contributed by atoms with van der Waals surface area (Å²) in [5, 5.41) is 5.41. The summed E-state index contributed by atoms with van der Waals surface area (Å²) >= 11 is 1.43. The third-order valence-corrected chi connectivity index (χ3v) is 5.78. The Morgan fingerprint density at radius 1 is 1.57 bits per heavy atom. The van der Waals surface area contributed by atoms with Gasteiger partial charge >= 0.3 is 0 Å². The summed E-state index contributed by atoms with van der Waals surface area (Å²) in [6.45, 7) is 6.72. The van der Waals surface area contributed by atoms with Crippen LogP contribution in [-0.4, -0.2) is 29.1 Å². The summed E-state index contributed by atoms with van der Waals surface area (Å²) in [6.07, 6.45) is 2.01. The number of ether oxygens (including phenoxy) is 1. The number of nitrogens with zero attached hydrogens (tertiary/aromatic N) is 1. The number of anilines is 1. The number of aryl methyl sites for hydroxylation is 1. The topological polar surface area (TPSA) is 77.2 Å². The SMILES string of the molecule is Cc1csc(NC(=O)C2(N)C3CCCOC3C2(C)C)n1.Cl. The zero-order valence-corrected chi connectivity index (χ0v) is 14.1. The Labute approximate surface area is 135 Å². The first-order valence-corrected chi connectivity index (χ1v) is 7.89. The van der Waals surface area contributed by atoms with Gasteiger partial charge in [-0.2, -0.15) is 0 Å². The fourth-order valence-corrected chi connectivity index (χ4v) is 4.33. The molecular formula is C14H22ClN3O2S. The van der Waals surface area contributed by atoms with Gasteiger partial charge in [0.2, 0.25) is 5.91 Å².